The van der Waals surface area contributed by atoms with Crippen LogP contribution in [0, 0.1) is 6.92 Å². The van der Waals surface area contributed by atoms with E-state index >= 15 is 0 Å². The highest BCUT2D eigenvalue weighted by molar-refractivity contribution is 7.86. The van der Waals surface area contributed by atoms with E-state index in [0.717, 1.165) is 11.1 Å². The number of carboxylic acids is 1. The molecule has 1 aliphatic carbocycles. The fraction of sp³-hybridized carbons (Fsp3) is 0.350. The Morgan fingerprint density at radius 3 is 2.75 bits per heavy atom. The fourth-order valence-corrected chi connectivity index (χ4v) is 5.11. The minimum atomic E-state index is -3.90. The second kappa shape index (κ2) is 7.10. The molecule has 2 aromatic rings. The molecule has 1 aliphatic heterocycles. The van der Waals surface area contributed by atoms with E-state index in [1.165, 1.54) is 6.07 Å². The first-order valence-electron chi connectivity index (χ1n) is 8.99. The van der Waals surface area contributed by atoms with Gasteiger partial charge in [-0.3, -0.25) is 4.18 Å². The SMILES string of the molecule is Cc1cccc(S(=O)(=O)OC2CCC3Oc4c(OCC(=O)O)cccc4C32)c1. The molecule has 3 unspecified atom stereocenters. The van der Waals surface area contributed by atoms with Crippen molar-refractivity contribution in [1.29, 1.82) is 0 Å². The van der Waals surface area contributed by atoms with Crippen molar-refractivity contribution in [3.05, 3.63) is 53.6 Å². The van der Waals surface area contributed by atoms with E-state index in [4.69, 9.17) is 18.8 Å². The smallest absolute Gasteiger partial charge is 0.341 e. The van der Waals surface area contributed by atoms with E-state index in [0.29, 0.717) is 24.3 Å². The van der Waals surface area contributed by atoms with Gasteiger partial charge in [0.15, 0.2) is 18.1 Å². The van der Waals surface area contributed by atoms with Gasteiger partial charge >= 0.3 is 5.97 Å². The molecule has 0 spiro atoms. The first-order valence-corrected chi connectivity index (χ1v) is 10.4. The normalized spacial score (nSPS) is 23.0. The highest BCUT2D eigenvalue weighted by atomic mass is 32.2. The lowest BCUT2D eigenvalue weighted by molar-refractivity contribution is -0.139. The van der Waals surface area contributed by atoms with Crippen LogP contribution >= 0.6 is 0 Å². The van der Waals surface area contributed by atoms with Crippen LogP contribution in [0.5, 0.6) is 11.5 Å². The molecule has 0 saturated heterocycles. The molecule has 1 N–H and O–H groups in total. The van der Waals surface area contributed by atoms with Crippen molar-refractivity contribution >= 4 is 16.1 Å². The summed E-state index contributed by atoms with van der Waals surface area (Å²) < 4.78 is 42.4. The maximum atomic E-state index is 12.7. The molecule has 4 rings (SSSR count). The topological polar surface area (TPSA) is 99.1 Å². The van der Waals surface area contributed by atoms with Crippen LogP contribution in [0.4, 0.5) is 0 Å². The monoisotopic (exact) mass is 404 g/mol. The third-order valence-electron chi connectivity index (χ3n) is 5.05. The lowest BCUT2D eigenvalue weighted by Crippen LogP contribution is -2.24. The molecular formula is C20H20O7S. The Hall–Kier alpha value is -2.58. The lowest BCUT2D eigenvalue weighted by atomic mass is 9.95. The zero-order valence-corrected chi connectivity index (χ0v) is 16.0. The molecule has 7 nitrogen and oxygen atoms in total. The van der Waals surface area contributed by atoms with Crippen LogP contribution in [0.1, 0.15) is 29.9 Å². The summed E-state index contributed by atoms with van der Waals surface area (Å²) in [6.45, 7) is 1.35. The van der Waals surface area contributed by atoms with Gasteiger partial charge in [0.2, 0.25) is 0 Å². The molecule has 0 aromatic heterocycles. The Labute approximate surface area is 163 Å². The van der Waals surface area contributed by atoms with E-state index < -0.39 is 28.8 Å². The molecule has 1 heterocycles. The standard InChI is InChI=1S/C20H20O7S/c1-12-4-2-5-13(10-12)28(23,24)27-16-9-8-15-19(16)14-6-3-7-17(20(14)26-15)25-11-18(21)22/h2-7,10,15-16,19H,8-9,11H2,1H3,(H,21,22). The number of rotatable bonds is 6. The summed E-state index contributed by atoms with van der Waals surface area (Å²) in [5.74, 6) is -0.515. The summed E-state index contributed by atoms with van der Waals surface area (Å²) >= 11 is 0. The molecule has 0 amide bonds. The van der Waals surface area contributed by atoms with Gasteiger partial charge in [-0.1, -0.05) is 24.3 Å². The van der Waals surface area contributed by atoms with Gasteiger partial charge in [-0.15, -0.1) is 0 Å². The minimum absolute atomic E-state index is 0.133. The quantitative estimate of drug-likeness (QED) is 0.739. The second-order valence-electron chi connectivity index (χ2n) is 7.02. The molecule has 1 saturated carbocycles. The summed E-state index contributed by atoms with van der Waals surface area (Å²) in [6, 6.07) is 11.8. The first kappa shape index (κ1) is 18.8. The van der Waals surface area contributed by atoms with Gasteiger partial charge in [-0.25, -0.2) is 4.79 Å². The van der Waals surface area contributed by atoms with E-state index in [1.54, 1.807) is 24.3 Å². The Morgan fingerprint density at radius 2 is 2.00 bits per heavy atom. The number of hydrogen-bond acceptors (Lipinski definition) is 6. The van der Waals surface area contributed by atoms with E-state index in [1.807, 2.05) is 19.1 Å². The van der Waals surface area contributed by atoms with Crippen molar-refractivity contribution in [3.8, 4) is 11.5 Å². The van der Waals surface area contributed by atoms with Gasteiger partial charge in [0.1, 0.15) is 6.10 Å². The number of hydrogen-bond donors (Lipinski definition) is 1. The van der Waals surface area contributed by atoms with Crippen molar-refractivity contribution < 1.29 is 32.0 Å². The van der Waals surface area contributed by atoms with E-state index in [-0.39, 0.29) is 16.9 Å². The lowest BCUT2D eigenvalue weighted by Gasteiger charge is -2.18. The van der Waals surface area contributed by atoms with Crippen LogP contribution in [0.2, 0.25) is 0 Å². The summed E-state index contributed by atoms with van der Waals surface area (Å²) in [4.78, 5) is 10.9. The molecule has 0 radical (unpaired) electrons. The molecule has 1 fully saturated rings. The zero-order valence-electron chi connectivity index (χ0n) is 15.2. The molecule has 3 atom stereocenters. The molecular weight excluding hydrogens is 384 g/mol. The van der Waals surface area contributed by atoms with Crippen molar-refractivity contribution in [2.24, 2.45) is 0 Å². The fourth-order valence-electron chi connectivity index (χ4n) is 3.88. The number of carboxylic acid groups (broad SMARTS) is 1. The number of ether oxygens (including phenoxy) is 2. The molecule has 148 valence electrons. The summed E-state index contributed by atoms with van der Waals surface area (Å²) in [6.07, 6.45) is 0.430. The third kappa shape index (κ3) is 3.45. The van der Waals surface area contributed by atoms with Gasteiger partial charge < -0.3 is 14.6 Å². The molecule has 8 heteroatoms. The van der Waals surface area contributed by atoms with Crippen molar-refractivity contribution in [2.75, 3.05) is 6.61 Å². The van der Waals surface area contributed by atoms with Gasteiger partial charge in [0.05, 0.1) is 16.9 Å². The van der Waals surface area contributed by atoms with Crippen LogP contribution in [-0.4, -0.2) is 38.3 Å². The number of para-hydroxylation sites is 1. The molecule has 28 heavy (non-hydrogen) atoms. The maximum Gasteiger partial charge on any atom is 0.341 e. The summed E-state index contributed by atoms with van der Waals surface area (Å²) in [7, 11) is -3.90. The predicted molar refractivity (Wildman–Crippen MR) is 99.2 cm³/mol. The van der Waals surface area contributed by atoms with Gasteiger partial charge in [0.25, 0.3) is 10.1 Å². The van der Waals surface area contributed by atoms with Crippen molar-refractivity contribution in [1.82, 2.24) is 0 Å². The maximum absolute atomic E-state index is 12.7. The van der Waals surface area contributed by atoms with E-state index in [9.17, 15) is 13.2 Å². The largest absolute Gasteiger partial charge is 0.485 e. The Bertz CT molecular complexity index is 1010. The van der Waals surface area contributed by atoms with Crippen LogP contribution in [0.3, 0.4) is 0 Å². The van der Waals surface area contributed by atoms with Crippen molar-refractivity contribution in [2.45, 2.75) is 42.8 Å². The predicted octanol–water partition coefficient (Wildman–Crippen LogP) is 2.87. The molecule has 2 aliphatic rings. The zero-order chi connectivity index (χ0) is 19.9. The third-order valence-corrected chi connectivity index (χ3v) is 6.39. The summed E-state index contributed by atoms with van der Waals surface area (Å²) in [5.41, 5.74) is 1.62. The molecule has 2 aromatic carbocycles. The Kier molecular flexibility index (Phi) is 4.76. The number of carbonyl (C=O) groups is 1. The highest BCUT2D eigenvalue weighted by Crippen LogP contribution is 2.52. The van der Waals surface area contributed by atoms with Gasteiger partial charge in [-0.05, 0) is 43.5 Å². The Balaban J connectivity index is 1.59. The minimum Gasteiger partial charge on any atom is -0.485 e. The number of fused-ring (bicyclic) bond motifs is 3. The van der Waals surface area contributed by atoms with Crippen LogP contribution in [-0.2, 0) is 19.1 Å². The van der Waals surface area contributed by atoms with Crippen LogP contribution < -0.4 is 9.47 Å². The van der Waals surface area contributed by atoms with Gasteiger partial charge in [-0.2, -0.15) is 8.42 Å². The average molecular weight is 404 g/mol. The Morgan fingerprint density at radius 1 is 1.21 bits per heavy atom. The summed E-state index contributed by atoms with van der Waals surface area (Å²) in [5, 5.41) is 8.83. The van der Waals surface area contributed by atoms with Crippen LogP contribution in [0.25, 0.3) is 0 Å². The highest BCUT2D eigenvalue weighted by Gasteiger charge is 2.48. The van der Waals surface area contributed by atoms with E-state index in [2.05, 4.69) is 0 Å². The number of benzene rings is 2. The van der Waals surface area contributed by atoms with Crippen molar-refractivity contribution in [3.63, 3.8) is 0 Å². The first-order chi connectivity index (χ1) is 13.3. The van der Waals surface area contributed by atoms with Gasteiger partial charge in [0, 0.05) is 5.56 Å². The second-order valence-corrected chi connectivity index (χ2v) is 8.59. The van der Waals surface area contributed by atoms with Crippen LogP contribution in [0.15, 0.2) is 47.4 Å². The average Bonchev–Trinajstić information content (AvgIpc) is 3.20. The molecule has 0 bridgehead atoms. The number of aryl methyl sites for hydroxylation is 1. The number of aliphatic carboxylic acids is 1.